The molecule has 1 spiro atoms. The predicted octanol–water partition coefficient (Wildman–Crippen LogP) is 5.29. The number of para-hydroxylation sites is 2. The maximum Gasteiger partial charge on any atom is 0.321 e. The Hall–Kier alpha value is -2.80. The first-order valence-electron chi connectivity index (χ1n) is 11.0. The van der Waals surface area contributed by atoms with E-state index >= 15 is 0 Å². The molecule has 1 fully saturated rings. The number of piperidine rings is 1. The van der Waals surface area contributed by atoms with Crippen molar-refractivity contribution in [2.75, 3.05) is 31.3 Å². The first kappa shape index (κ1) is 22.4. The molecule has 2 aromatic carbocycles. The average Bonchev–Trinajstić information content (AvgIpc) is 3.14. The molecule has 2 aromatic rings. The molecule has 0 radical (unpaired) electrons. The smallest absolute Gasteiger partial charge is 0.321 e. The summed E-state index contributed by atoms with van der Waals surface area (Å²) in [6, 6.07) is 13.8. The summed E-state index contributed by atoms with van der Waals surface area (Å²) >= 11 is 1.74. The average molecular weight is 451 g/mol. The van der Waals surface area contributed by atoms with Crippen LogP contribution < -0.4 is 10.1 Å². The third-order valence-corrected chi connectivity index (χ3v) is 6.94. The monoisotopic (exact) mass is 450 g/mol. The number of methoxy groups -OCH3 is 1. The van der Waals surface area contributed by atoms with E-state index in [2.05, 4.69) is 44.3 Å². The van der Waals surface area contributed by atoms with Gasteiger partial charge in [-0.2, -0.15) is 0 Å². The summed E-state index contributed by atoms with van der Waals surface area (Å²) in [6.45, 7) is 7.61. The molecule has 0 atom stereocenters. The van der Waals surface area contributed by atoms with Crippen LogP contribution in [0.4, 0.5) is 10.5 Å². The highest BCUT2D eigenvalue weighted by atomic mass is 32.2. The van der Waals surface area contributed by atoms with Gasteiger partial charge in [-0.3, -0.25) is 4.99 Å². The number of carbonyl (C=O) groups excluding carboxylic acids is 1. The first-order chi connectivity index (χ1) is 15.4. The molecule has 0 unspecified atom stereocenters. The van der Waals surface area contributed by atoms with E-state index in [0.29, 0.717) is 37.4 Å². The van der Waals surface area contributed by atoms with Gasteiger partial charge in [0.05, 0.1) is 18.5 Å². The van der Waals surface area contributed by atoms with E-state index in [1.807, 2.05) is 29.2 Å². The van der Waals surface area contributed by atoms with Crippen molar-refractivity contribution in [1.29, 1.82) is 0 Å². The summed E-state index contributed by atoms with van der Waals surface area (Å²) in [5, 5.41) is 3.99. The number of anilines is 1. The highest BCUT2D eigenvalue weighted by Crippen LogP contribution is 2.36. The fourth-order valence-corrected chi connectivity index (χ4v) is 4.88. The van der Waals surface area contributed by atoms with Crippen molar-refractivity contribution >= 4 is 34.2 Å². The standard InChI is InChI=1S/C25H30N4O2S/c1-5-32-23-22(19-11-10-17(2)18(3)16-19)27-25(28-23)12-14-29(15-13-25)24(30)26-20-8-6-7-9-21(20)31-4/h6-11,16H,5,12-15H2,1-4H3,(H,26,30). The molecule has 0 aliphatic carbocycles. The lowest BCUT2D eigenvalue weighted by atomic mass is 9.98. The summed E-state index contributed by atoms with van der Waals surface area (Å²) in [7, 11) is 1.60. The Morgan fingerprint density at radius 3 is 2.56 bits per heavy atom. The highest BCUT2D eigenvalue weighted by molar-refractivity contribution is 8.15. The Kier molecular flexibility index (Phi) is 6.55. The Balaban J connectivity index is 1.49. The van der Waals surface area contributed by atoms with Gasteiger partial charge in [-0.1, -0.05) is 31.2 Å². The Bertz CT molecular complexity index is 1070. The Labute approximate surface area is 194 Å². The van der Waals surface area contributed by atoms with Gasteiger partial charge in [0.2, 0.25) is 0 Å². The number of thioether (sulfide) groups is 1. The van der Waals surface area contributed by atoms with Gasteiger partial charge < -0.3 is 15.0 Å². The van der Waals surface area contributed by atoms with E-state index < -0.39 is 5.66 Å². The Morgan fingerprint density at radius 1 is 1.12 bits per heavy atom. The molecular formula is C25H30N4O2S. The SMILES string of the molecule is CCSC1=NC2(CCN(C(=O)Nc3ccccc3OC)CC2)N=C1c1ccc(C)c(C)c1. The molecule has 6 nitrogen and oxygen atoms in total. The maximum atomic E-state index is 12.8. The molecule has 0 bridgehead atoms. The van der Waals surface area contributed by atoms with Crippen LogP contribution in [0.2, 0.25) is 0 Å². The number of hydrogen-bond acceptors (Lipinski definition) is 5. The van der Waals surface area contributed by atoms with E-state index in [0.717, 1.165) is 22.1 Å². The molecule has 0 aromatic heterocycles. The number of rotatable bonds is 4. The number of benzene rings is 2. The van der Waals surface area contributed by atoms with Gasteiger partial charge >= 0.3 is 6.03 Å². The van der Waals surface area contributed by atoms with E-state index in [1.54, 1.807) is 18.9 Å². The number of nitrogens with one attached hydrogen (secondary N) is 1. The van der Waals surface area contributed by atoms with Gasteiger partial charge in [0.1, 0.15) is 10.8 Å². The number of nitrogens with zero attached hydrogens (tertiary/aromatic N) is 3. The molecular weight excluding hydrogens is 420 g/mol. The quantitative estimate of drug-likeness (QED) is 0.688. The van der Waals surface area contributed by atoms with Gasteiger partial charge in [-0.05, 0) is 48.9 Å². The summed E-state index contributed by atoms with van der Waals surface area (Å²) in [4.78, 5) is 24.9. The van der Waals surface area contributed by atoms with Crippen molar-refractivity contribution in [3.05, 3.63) is 59.2 Å². The lowest BCUT2D eigenvalue weighted by molar-refractivity contribution is 0.175. The molecule has 2 aliphatic heterocycles. The minimum absolute atomic E-state index is 0.118. The lowest BCUT2D eigenvalue weighted by Crippen LogP contribution is -2.46. The molecule has 0 saturated carbocycles. The van der Waals surface area contributed by atoms with Gasteiger partial charge in [0, 0.05) is 31.5 Å². The molecule has 1 saturated heterocycles. The molecule has 32 heavy (non-hydrogen) atoms. The summed E-state index contributed by atoms with van der Waals surface area (Å²) in [5.41, 5.74) is 4.86. The summed E-state index contributed by atoms with van der Waals surface area (Å²) < 4.78 is 5.34. The first-order valence-corrected chi connectivity index (χ1v) is 12.0. The minimum atomic E-state index is -0.465. The van der Waals surface area contributed by atoms with Crippen LogP contribution in [0.5, 0.6) is 5.75 Å². The molecule has 2 amide bonds. The second kappa shape index (κ2) is 9.36. The second-order valence-corrected chi connectivity index (χ2v) is 9.46. The van der Waals surface area contributed by atoms with Crippen LogP contribution in [-0.2, 0) is 0 Å². The number of urea groups is 1. The van der Waals surface area contributed by atoms with E-state index in [1.165, 1.54) is 11.1 Å². The molecule has 7 heteroatoms. The van der Waals surface area contributed by atoms with Crippen molar-refractivity contribution in [2.24, 2.45) is 9.98 Å². The molecule has 2 heterocycles. The number of amides is 2. The number of hydrogen-bond donors (Lipinski definition) is 1. The predicted molar refractivity (Wildman–Crippen MR) is 134 cm³/mol. The normalized spacial score (nSPS) is 17.2. The van der Waals surface area contributed by atoms with Crippen molar-refractivity contribution in [3.63, 3.8) is 0 Å². The van der Waals surface area contributed by atoms with Crippen molar-refractivity contribution in [2.45, 2.75) is 39.3 Å². The number of aliphatic imine (C=N–C) groups is 2. The maximum absolute atomic E-state index is 12.8. The van der Waals surface area contributed by atoms with Crippen molar-refractivity contribution in [3.8, 4) is 5.75 Å². The van der Waals surface area contributed by atoms with Crippen LogP contribution in [0, 0.1) is 13.8 Å². The number of carbonyl (C=O) groups is 1. The van der Waals surface area contributed by atoms with Crippen LogP contribution in [-0.4, -0.2) is 53.3 Å². The lowest BCUT2D eigenvalue weighted by Gasteiger charge is -2.35. The largest absolute Gasteiger partial charge is 0.495 e. The third-order valence-electron chi connectivity index (χ3n) is 6.09. The minimum Gasteiger partial charge on any atom is -0.495 e. The van der Waals surface area contributed by atoms with Crippen LogP contribution >= 0.6 is 11.8 Å². The molecule has 168 valence electrons. The van der Waals surface area contributed by atoms with Crippen LogP contribution in [0.1, 0.15) is 36.5 Å². The van der Waals surface area contributed by atoms with E-state index in [4.69, 9.17) is 14.7 Å². The van der Waals surface area contributed by atoms with Gasteiger partial charge in [0.25, 0.3) is 0 Å². The molecule has 2 aliphatic rings. The fraction of sp³-hybridized carbons (Fsp3) is 0.400. The number of aryl methyl sites for hydroxylation is 2. The van der Waals surface area contributed by atoms with Crippen molar-refractivity contribution < 1.29 is 9.53 Å². The van der Waals surface area contributed by atoms with Gasteiger partial charge in [0.15, 0.2) is 5.66 Å². The van der Waals surface area contributed by atoms with Gasteiger partial charge in [-0.25, -0.2) is 9.79 Å². The van der Waals surface area contributed by atoms with Gasteiger partial charge in [-0.15, -0.1) is 11.8 Å². The van der Waals surface area contributed by atoms with E-state index in [-0.39, 0.29) is 6.03 Å². The zero-order valence-electron chi connectivity index (χ0n) is 19.1. The van der Waals surface area contributed by atoms with E-state index in [9.17, 15) is 4.79 Å². The fourth-order valence-electron chi connectivity index (χ4n) is 4.07. The van der Waals surface area contributed by atoms with Crippen molar-refractivity contribution in [1.82, 2.24) is 4.90 Å². The second-order valence-electron chi connectivity index (χ2n) is 8.21. The highest BCUT2D eigenvalue weighted by Gasteiger charge is 2.40. The third kappa shape index (κ3) is 4.53. The van der Waals surface area contributed by atoms with Crippen LogP contribution in [0.3, 0.4) is 0 Å². The molecule has 1 N–H and O–H groups in total. The topological polar surface area (TPSA) is 66.3 Å². The number of ether oxygens (including phenoxy) is 1. The zero-order chi connectivity index (χ0) is 22.7. The summed E-state index contributed by atoms with van der Waals surface area (Å²) in [5.74, 6) is 1.60. The van der Waals surface area contributed by atoms with Crippen LogP contribution in [0.25, 0.3) is 0 Å². The van der Waals surface area contributed by atoms with Crippen LogP contribution in [0.15, 0.2) is 52.4 Å². The summed E-state index contributed by atoms with van der Waals surface area (Å²) in [6.07, 6.45) is 1.43. The molecule has 4 rings (SSSR count). The Morgan fingerprint density at radius 2 is 1.88 bits per heavy atom. The zero-order valence-corrected chi connectivity index (χ0v) is 20.0. The number of likely N-dealkylation sites (tertiary alicyclic amines) is 1.